The van der Waals surface area contributed by atoms with Gasteiger partial charge in [-0.15, -0.1) is 0 Å². The number of ether oxygens (including phenoxy) is 1. The van der Waals surface area contributed by atoms with Crippen LogP contribution >= 0.6 is 11.6 Å². The second kappa shape index (κ2) is 11.4. The molecule has 0 bridgehead atoms. The third kappa shape index (κ3) is 7.65. The summed E-state index contributed by atoms with van der Waals surface area (Å²) in [7, 11) is -3.94. The van der Waals surface area contributed by atoms with E-state index in [4.69, 9.17) is 16.3 Å². The third-order valence-electron chi connectivity index (χ3n) is 5.75. The highest BCUT2D eigenvalue weighted by Gasteiger charge is 2.32. The second-order valence-electron chi connectivity index (χ2n) is 8.76. The summed E-state index contributed by atoms with van der Waals surface area (Å²) in [5.41, 5.74) is 1.24. The van der Waals surface area contributed by atoms with Crippen molar-refractivity contribution in [3.63, 3.8) is 0 Å². The number of amides is 2. The summed E-state index contributed by atoms with van der Waals surface area (Å²) in [6, 6.07) is 10.9. The molecule has 0 aliphatic carbocycles. The number of hydrogen-bond donors (Lipinski definition) is 1. The van der Waals surface area contributed by atoms with Gasteiger partial charge in [-0.25, -0.2) is 12.8 Å². The number of halogens is 2. The van der Waals surface area contributed by atoms with Crippen LogP contribution in [0, 0.1) is 5.82 Å². The first-order chi connectivity index (χ1) is 16.4. The molecule has 2 aromatic carbocycles. The standard InChI is InChI=1S/C24H29ClFN3O5S/c1-16-12-29(17(2)11-28(16)13-19-4-7-22(26)8-5-19)24(31)14-34-23-9-6-21(25)10-20(23)15-35(32,33)27-18(3)30/h4-10,16-17H,11-15H2,1-3H3,(H,27,30). The molecule has 1 heterocycles. The van der Waals surface area contributed by atoms with E-state index in [1.165, 1.54) is 30.3 Å². The van der Waals surface area contributed by atoms with E-state index in [1.54, 1.807) is 17.0 Å². The Balaban J connectivity index is 1.62. The Morgan fingerprint density at radius 1 is 1.11 bits per heavy atom. The van der Waals surface area contributed by atoms with Gasteiger partial charge >= 0.3 is 0 Å². The predicted molar refractivity (Wildman–Crippen MR) is 131 cm³/mol. The topological polar surface area (TPSA) is 96.0 Å². The van der Waals surface area contributed by atoms with Crippen LogP contribution in [0.1, 0.15) is 31.9 Å². The van der Waals surface area contributed by atoms with Gasteiger partial charge in [0.15, 0.2) is 6.61 Å². The zero-order chi connectivity index (χ0) is 25.8. The van der Waals surface area contributed by atoms with E-state index in [2.05, 4.69) is 4.90 Å². The van der Waals surface area contributed by atoms with Crippen molar-refractivity contribution in [1.29, 1.82) is 0 Å². The first-order valence-electron chi connectivity index (χ1n) is 11.1. The van der Waals surface area contributed by atoms with Crippen LogP contribution in [0.25, 0.3) is 0 Å². The van der Waals surface area contributed by atoms with Crippen molar-refractivity contribution in [3.05, 3.63) is 64.4 Å². The number of piperazine rings is 1. The van der Waals surface area contributed by atoms with Gasteiger partial charge in [-0.3, -0.25) is 19.2 Å². The minimum absolute atomic E-state index is 0.0763. The van der Waals surface area contributed by atoms with Gasteiger partial charge < -0.3 is 9.64 Å². The SMILES string of the molecule is CC(=O)NS(=O)(=O)Cc1cc(Cl)ccc1OCC(=O)N1CC(C)N(Cc2ccc(F)cc2)CC1C. The molecule has 2 atom stereocenters. The summed E-state index contributed by atoms with van der Waals surface area (Å²) >= 11 is 6.01. The highest BCUT2D eigenvalue weighted by Crippen LogP contribution is 2.25. The summed E-state index contributed by atoms with van der Waals surface area (Å²) in [5.74, 6) is -1.52. The van der Waals surface area contributed by atoms with Gasteiger partial charge in [0.05, 0.1) is 5.75 Å². The summed E-state index contributed by atoms with van der Waals surface area (Å²) in [5, 5.41) is 0.302. The van der Waals surface area contributed by atoms with Crippen LogP contribution in [0.2, 0.25) is 5.02 Å². The molecule has 11 heteroatoms. The molecule has 1 saturated heterocycles. The molecule has 1 fully saturated rings. The van der Waals surface area contributed by atoms with Crippen LogP contribution in [0.4, 0.5) is 4.39 Å². The fraction of sp³-hybridized carbons (Fsp3) is 0.417. The summed E-state index contributed by atoms with van der Waals surface area (Å²) in [4.78, 5) is 28.1. The Morgan fingerprint density at radius 2 is 1.80 bits per heavy atom. The summed E-state index contributed by atoms with van der Waals surface area (Å²) in [6.45, 7) is 6.61. The maximum absolute atomic E-state index is 13.2. The molecule has 0 spiro atoms. The number of benzene rings is 2. The van der Waals surface area contributed by atoms with Gasteiger partial charge in [-0.2, -0.15) is 0 Å². The Bertz CT molecular complexity index is 1180. The molecule has 1 N–H and O–H groups in total. The van der Waals surface area contributed by atoms with Crippen molar-refractivity contribution >= 4 is 33.4 Å². The number of hydrogen-bond acceptors (Lipinski definition) is 6. The van der Waals surface area contributed by atoms with Crippen molar-refractivity contribution in [3.8, 4) is 5.75 Å². The minimum Gasteiger partial charge on any atom is -0.483 e. The average molecular weight is 526 g/mol. The van der Waals surface area contributed by atoms with E-state index >= 15 is 0 Å². The quantitative estimate of drug-likeness (QED) is 0.569. The van der Waals surface area contributed by atoms with Crippen molar-refractivity contribution in [2.24, 2.45) is 0 Å². The third-order valence-corrected chi connectivity index (χ3v) is 7.28. The molecule has 1 aliphatic heterocycles. The summed E-state index contributed by atoms with van der Waals surface area (Å²) in [6.07, 6.45) is 0. The summed E-state index contributed by atoms with van der Waals surface area (Å²) < 4.78 is 45.2. The molecule has 1 aliphatic rings. The van der Waals surface area contributed by atoms with Gasteiger partial charge in [0, 0.05) is 49.2 Å². The maximum atomic E-state index is 13.2. The van der Waals surface area contributed by atoms with Crippen LogP contribution in [-0.2, 0) is 31.9 Å². The molecule has 0 saturated carbocycles. The van der Waals surface area contributed by atoms with E-state index in [1.807, 2.05) is 18.6 Å². The molecule has 2 amide bonds. The molecule has 3 rings (SSSR count). The zero-order valence-corrected chi connectivity index (χ0v) is 21.4. The van der Waals surface area contributed by atoms with Gasteiger partial charge in [0.1, 0.15) is 11.6 Å². The lowest BCUT2D eigenvalue weighted by molar-refractivity contribution is -0.139. The fourth-order valence-electron chi connectivity index (χ4n) is 4.07. The van der Waals surface area contributed by atoms with Crippen LogP contribution in [0.15, 0.2) is 42.5 Å². The van der Waals surface area contributed by atoms with Crippen LogP contribution in [0.3, 0.4) is 0 Å². The Hall–Kier alpha value is -2.69. The van der Waals surface area contributed by atoms with Crippen LogP contribution in [0.5, 0.6) is 5.75 Å². The van der Waals surface area contributed by atoms with Crippen molar-refractivity contribution in [2.75, 3.05) is 19.7 Å². The van der Waals surface area contributed by atoms with Crippen molar-refractivity contribution < 1.29 is 27.1 Å². The zero-order valence-electron chi connectivity index (χ0n) is 19.8. The number of carbonyl (C=O) groups is 2. The second-order valence-corrected chi connectivity index (χ2v) is 10.9. The number of carbonyl (C=O) groups excluding carboxylic acids is 2. The molecular weight excluding hydrogens is 497 g/mol. The number of rotatable bonds is 8. The number of sulfonamides is 1. The molecule has 35 heavy (non-hydrogen) atoms. The largest absolute Gasteiger partial charge is 0.483 e. The number of nitrogens with zero attached hydrogens (tertiary/aromatic N) is 2. The normalized spacial score (nSPS) is 18.8. The lowest BCUT2D eigenvalue weighted by Crippen LogP contribution is -2.58. The lowest BCUT2D eigenvalue weighted by atomic mass is 10.1. The van der Waals surface area contributed by atoms with E-state index in [9.17, 15) is 22.4 Å². The Labute approximate surface area is 210 Å². The van der Waals surface area contributed by atoms with Gasteiger partial charge in [0.2, 0.25) is 15.9 Å². The van der Waals surface area contributed by atoms with Crippen molar-refractivity contribution in [2.45, 2.75) is 45.2 Å². The first kappa shape index (κ1) is 26.9. The van der Waals surface area contributed by atoms with Crippen molar-refractivity contribution in [1.82, 2.24) is 14.5 Å². The van der Waals surface area contributed by atoms with Gasteiger partial charge in [-0.1, -0.05) is 23.7 Å². The molecule has 0 radical (unpaired) electrons. The van der Waals surface area contributed by atoms with E-state index in [0.29, 0.717) is 24.7 Å². The van der Waals surface area contributed by atoms with E-state index in [-0.39, 0.29) is 41.7 Å². The fourth-order valence-corrected chi connectivity index (χ4v) is 5.41. The molecular formula is C24H29ClFN3O5S. The molecule has 190 valence electrons. The van der Waals surface area contributed by atoms with E-state index in [0.717, 1.165) is 12.5 Å². The Kier molecular flexibility index (Phi) is 8.74. The molecule has 2 aromatic rings. The van der Waals surface area contributed by atoms with Crippen LogP contribution < -0.4 is 9.46 Å². The first-order valence-corrected chi connectivity index (χ1v) is 13.2. The monoisotopic (exact) mass is 525 g/mol. The Morgan fingerprint density at radius 3 is 2.46 bits per heavy atom. The van der Waals surface area contributed by atoms with Crippen LogP contribution in [-0.4, -0.2) is 61.8 Å². The predicted octanol–water partition coefficient (Wildman–Crippen LogP) is 2.95. The smallest absolute Gasteiger partial charge is 0.260 e. The maximum Gasteiger partial charge on any atom is 0.260 e. The highest BCUT2D eigenvalue weighted by molar-refractivity contribution is 7.89. The average Bonchev–Trinajstić information content (AvgIpc) is 2.75. The minimum atomic E-state index is -3.94. The van der Waals surface area contributed by atoms with Gasteiger partial charge in [-0.05, 0) is 49.7 Å². The van der Waals surface area contributed by atoms with Gasteiger partial charge in [0.25, 0.3) is 5.91 Å². The molecule has 2 unspecified atom stereocenters. The molecule has 8 nitrogen and oxygen atoms in total. The number of nitrogens with one attached hydrogen (secondary N) is 1. The lowest BCUT2D eigenvalue weighted by Gasteiger charge is -2.44. The van der Waals surface area contributed by atoms with E-state index < -0.39 is 21.7 Å². The highest BCUT2D eigenvalue weighted by atomic mass is 35.5. The molecule has 0 aromatic heterocycles.